The number of carbonyl (C=O) groups is 3. The summed E-state index contributed by atoms with van der Waals surface area (Å²) in [5.74, 6) is -2.89. The molecule has 0 saturated carbocycles. The molecule has 0 unspecified atom stereocenters. The van der Waals surface area contributed by atoms with Crippen LogP contribution in [0.15, 0.2) is 122 Å². The molecule has 200 valence electrons. The summed E-state index contributed by atoms with van der Waals surface area (Å²) in [6, 6.07) is 27.2. The van der Waals surface area contributed by atoms with Crippen LogP contribution in [0.3, 0.4) is 0 Å². The highest BCUT2D eigenvalue weighted by atomic mass is 19.1. The van der Waals surface area contributed by atoms with Gasteiger partial charge in [0.25, 0.3) is 0 Å². The maximum atomic E-state index is 12.8. The van der Waals surface area contributed by atoms with Crippen LogP contribution in [0.5, 0.6) is 17.2 Å². The second-order valence-electron chi connectivity index (χ2n) is 8.49. The molecule has 0 radical (unpaired) electrons. The van der Waals surface area contributed by atoms with Crippen molar-refractivity contribution >= 4 is 17.9 Å². The second-order valence-corrected chi connectivity index (χ2v) is 8.49. The van der Waals surface area contributed by atoms with Crippen LogP contribution >= 0.6 is 0 Å². The number of aliphatic hydroxyl groups excluding tert-OH is 1. The van der Waals surface area contributed by atoms with Crippen LogP contribution in [0.25, 0.3) is 22.3 Å². The maximum Gasteiger partial charge on any atom is 0.371 e. The molecule has 40 heavy (non-hydrogen) atoms. The molecule has 4 aromatic rings. The molecule has 0 aliphatic carbocycles. The first-order chi connectivity index (χ1) is 19.2. The van der Waals surface area contributed by atoms with Gasteiger partial charge in [-0.05, 0) is 70.8 Å². The Kier molecular flexibility index (Phi) is 8.63. The Morgan fingerprint density at radius 2 is 0.925 bits per heavy atom. The fourth-order valence-electron chi connectivity index (χ4n) is 3.52. The average molecular weight is 539 g/mol. The largest absolute Gasteiger partial charge is 0.423 e. The minimum Gasteiger partial charge on any atom is -0.423 e. The van der Waals surface area contributed by atoms with Crippen LogP contribution in [0.1, 0.15) is 10.4 Å². The van der Waals surface area contributed by atoms with Gasteiger partial charge in [-0.25, -0.2) is 14.4 Å². The number of halogens is 1. The van der Waals surface area contributed by atoms with Crippen LogP contribution in [-0.2, 0) is 9.59 Å². The summed E-state index contributed by atoms with van der Waals surface area (Å²) in [5, 5.41) is 8.93. The van der Waals surface area contributed by atoms with E-state index in [1.54, 1.807) is 36.4 Å². The van der Waals surface area contributed by atoms with E-state index in [4.69, 9.17) is 19.3 Å². The van der Waals surface area contributed by atoms with Gasteiger partial charge in [0.1, 0.15) is 17.2 Å². The zero-order valence-electron chi connectivity index (χ0n) is 21.1. The third-order valence-electron chi connectivity index (χ3n) is 5.68. The SMILES string of the molecule is C=C(F)C(=O)Oc1ccc(-c2ccc(-c3ccc(C(=O)Oc4ccc(OC(=O)C(=C)CO)cc4)cc3)cc2)cc1. The Morgan fingerprint density at radius 3 is 1.35 bits per heavy atom. The lowest BCUT2D eigenvalue weighted by Crippen LogP contribution is -2.13. The van der Waals surface area contributed by atoms with Gasteiger partial charge >= 0.3 is 17.9 Å². The molecule has 0 heterocycles. The minimum atomic E-state index is -1.16. The summed E-state index contributed by atoms with van der Waals surface area (Å²) in [5.41, 5.74) is 3.92. The summed E-state index contributed by atoms with van der Waals surface area (Å²) < 4.78 is 28.1. The molecule has 0 atom stereocenters. The van der Waals surface area contributed by atoms with Gasteiger partial charge in [0.15, 0.2) is 0 Å². The van der Waals surface area contributed by atoms with Gasteiger partial charge in [0.2, 0.25) is 5.83 Å². The van der Waals surface area contributed by atoms with Crippen molar-refractivity contribution in [3.05, 3.63) is 127 Å². The lowest BCUT2D eigenvalue weighted by atomic mass is 9.99. The smallest absolute Gasteiger partial charge is 0.371 e. The predicted octanol–water partition coefficient (Wildman–Crippen LogP) is 6.08. The molecule has 0 bridgehead atoms. The Bertz CT molecular complexity index is 1550. The zero-order valence-corrected chi connectivity index (χ0v) is 21.1. The molecule has 7 nitrogen and oxygen atoms in total. The lowest BCUT2D eigenvalue weighted by molar-refractivity contribution is -0.132. The molecule has 0 fully saturated rings. The summed E-state index contributed by atoms with van der Waals surface area (Å²) in [6.45, 7) is 5.81. The first kappa shape index (κ1) is 27.7. The summed E-state index contributed by atoms with van der Waals surface area (Å²) >= 11 is 0. The quantitative estimate of drug-likeness (QED) is 0.157. The minimum absolute atomic E-state index is 0.0745. The first-order valence-electron chi connectivity index (χ1n) is 11.9. The number of esters is 3. The number of benzene rings is 4. The van der Waals surface area contributed by atoms with Crippen molar-refractivity contribution < 1.29 is 38.1 Å². The molecule has 0 spiro atoms. The molecular formula is C32H23FO7. The molecule has 0 aliphatic heterocycles. The van der Waals surface area contributed by atoms with Crippen molar-refractivity contribution in [2.45, 2.75) is 0 Å². The zero-order chi connectivity index (χ0) is 28.6. The second kappa shape index (κ2) is 12.5. The molecule has 0 saturated heterocycles. The van der Waals surface area contributed by atoms with Gasteiger partial charge in [-0.1, -0.05) is 61.7 Å². The van der Waals surface area contributed by atoms with Gasteiger partial charge in [-0.15, -0.1) is 0 Å². The van der Waals surface area contributed by atoms with E-state index in [0.717, 1.165) is 22.3 Å². The van der Waals surface area contributed by atoms with Crippen molar-refractivity contribution in [3.8, 4) is 39.5 Å². The third-order valence-corrected chi connectivity index (χ3v) is 5.68. The summed E-state index contributed by atoms with van der Waals surface area (Å²) in [6.07, 6.45) is 0. The summed E-state index contributed by atoms with van der Waals surface area (Å²) in [7, 11) is 0. The Balaban J connectivity index is 1.36. The van der Waals surface area contributed by atoms with Gasteiger partial charge in [-0.2, -0.15) is 4.39 Å². The number of aliphatic hydroxyl groups is 1. The number of hydrogen-bond acceptors (Lipinski definition) is 7. The van der Waals surface area contributed by atoms with Crippen LogP contribution in [0, 0.1) is 0 Å². The maximum absolute atomic E-state index is 12.8. The third kappa shape index (κ3) is 6.94. The van der Waals surface area contributed by atoms with E-state index in [1.165, 1.54) is 24.3 Å². The van der Waals surface area contributed by atoms with Gasteiger partial charge < -0.3 is 19.3 Å². The van der Waals surface area contributed by atoms with Crippen molar-refractivity contribution in [3.63, 3.8) is 0 Å². The van der Waals surface area contributed by atoms with E-state index in [0.29, 0.717) is 5.56 Å². The van der Waals surface area contributed by atoms with Crippen molar-refractivity contribution in [1.82, 2.24) is 0 Å². The molecule has 4 rings (SSSR count). The van der Waals surface area contributed by atoms with E-state index in [-0.39, 0.29) is 22.8 Å². The van der Waals surface area contributed by atoms with Crippen molar-refractivity contribution in [1.29, 1.82) is 0 Å². The lowest BCUT2D eigenvalue weighted by Gasteiger charge is -2.08. The highest BCUT2D eigenvalue weighted by Crippen LogP contribution is 2.27. The monoisotopic (exact) mass is 538 g/mol. The number of carbonyl (C=O) groups excluding carboxylic acids is 3. The van der Waals surface area contributed by atoms with E-state index in [9.17, 15) is 18.8 Å². The molecule has 8 heteroatoms. The van der Waals surface area contributed by atoms with Gasteiger partial charge in [0.05, 0.1) is 17.7 Å². The van der Waals surface area contributed by atoms with Crippen LogP contribution in [0.2, 0.25) is 0 Å². The van der Waals surface area contributed by atoms with E-state index < -0.39 is 30.3 Å². The first-order valence-corrected chi connectivity index (χ1v) is 11.9. The molecule has 4 aromatic carbocycles. The van der Waals surface area contributed by atoms with Crippen LogP contribution < -0.4 is 14.2 Å². The van der Waals surface area contributed by atoms with Crippen LogP contribution in [-0.4, -0.2) is 29.6 Å². The fraction of sp³-hybridized carbons (Fsp3) is 0.0312. The molecule has 0 aromatic heterocycles. The number of hydrogen-bond donors (Lipinski definition) is 1. The summed E-state index contributed by atoms with van der Waals surface area (Å²) in [4.78, 5) is 35.5. The number of ether oxygens (including phenoxy) is 3. The molecule has 0 amide bonds. The highest BCUT2D eigenvalue weighted by Gasteiger charge is 2.12. The topological polar surface area (TPSA) is 99.1 Å². The van der Waals surface area contributed by atoms with Crippen LogP contribution in [0.4, 0.5) is 4.39 Å². The fourth-order valence-corrected chi connectivity index (χ4v) is 3.52. The van der Waals surface area contributed by atoms with Crippen molar-refractivity contribution in [2.24, 2.45) is 0 Å². The van der Waals surface area contributed by atoms with E-state index >= 15 is 0 Å². The molecular weight excluding hydrogens is 515 g/mol. The van der Waals surface area contributed by atoms with Gasteiger partial charge in [0, 0.05) is 0 Å². The Hall–Kier alpha value is -5.34. The Morgan fingerprint density at radius 1 is 0.575 bits per heavy atom. The average Bonchev–Trinajstić information content (AvgIpc) is 2.98. The highest BCUT2D eigenvalue weighted by molar-refractivity contribution is 5.92. The molecule has 0 aliphatic rings. The van der Waals surface area contributed by atoms with E-state index in [2.05, 4.69) is 13.2 Å². The standard InChI is InChI=1S/C32H23FO7/c1-20(19-34)30(35)38-28-15-17-29(18-16-28)40-32(37)26-9-7-24(8-10-26)22-3-5-23(6-4-22)25-11-13-27(14-12-25)39-31(36)21(2)33/h3-18,34H,1-2,19H2. The van der Waals surface area contributed by atoms with Gasteiger partial charge in [-0.3, -0.25) is 0 Å². The normalized spacial score (nSPS) is 10.3. The predicted molar refractivity (Wildman–Crippen MR) is 146 cm³/mol. The Labute approximate surface area is 229 Å². The number of rotatable bonds is 9. The molecule has 1 N–H and O–H groups in total. The van der Waals surface area contributed by atoms with Crippen molar-refractivity contribution in [2.75, 3.05) is 6.61 Å². The van der Waals surface area contributed by atoms with E-state index in [1.807, 2.05) is 36.4 Å².